The summed E-state index contributed by atoms with van der Waals surface area (Å²) >= 11 is 0. The molecule has 6 atom stereocenters. The molecule has 5 nitrogen and oxygen atoms in total. The molecule has 0 aromatic heterocycles. The van der Waals surface area contributed by atoms with Crippen molar-refractivity contribution in [1.29, 1.82) is 0 Å². The molecule has 0 aromatic carbocycles. The minimum absolute atomic E-state index is 0.0364. The van der Waals surface area contributed by atoms with Crippen molar-refractivity contribution in [3.05, 3.63) is 35.5 Å². The maximum absolute atomic E-state index is 11.6. The first-order valence-electron chi connectivity index (χ1n) is 14.0. The van der Waals surface area contributed by atoms with Gasteiger partial charge in [0.1, 0.15) is 12.2 Å². The number of carbonyl (C=O) groups is 2. The highest BCUT2D eigenvalue weighted by Crippen LogP contribution is 2.60. The van der Waals surface area contributed by atoms with Crippen LogP contribution in [0.25, 0.3) is 0 Å². The van der Waals surface area contributed by atoms with Gasteiger partial charge < -0.3 is 14.6 Å². The van der Waals surface area contributed by atoms with E-state index in [-0.39, 0.29) is 23.5 Å². The third kappa shape index (κ3) is 6.90. The Hall–Kier alpha value is -1.88. The molecule has 0 saturated heterocycles. The Morgan fingerprint density at radius 2 is 1.86 bits per heavy atom. The minimum atomic E-state index is -1.04. The van der Waals surface area contributed by atoms with Gasteiger partial charge in [-0.2, -0.15) is 0 Å². The number of aliphatic hydroxyl groups is 1. The molecule has 0 bridgehead atoms. The number of allylic oxidation sites excluding steroid dienone is 4. The molecule has 0 spiro atoms. The summed E-state index contributed by atoms with van der Waals surface area (Å²) in [6.45, 7) is 15.4. The molecule has 3 rings (SSSR count). The average molecular weight is 501 g/mol. The predicted molar refractivity (Wildman–Crippen MR) is 143 cm³/mol. The van der Waals surface area contributed by atoms with Crippen LogP contribution in [0.15, 0.2) is 35.5 Å². The Morgan fingerprint density at radius 3 is 2.50 bits per heavy atom. The zero-order chi connectivity index (χ0) is 26.7. The number of carbonyl (C=O) groups excluding carboxylic acids is 2. The lowest BCUT2D eigenvalue weighted by Gasteiger charge is -2.44. The summed E-state index contributed by atoms with van der Waals surface area (Å²) in [4.78, 5) is 23.0. The molecule has 3 aliphatic rings. The van der Waals surface area contributed by atoms with E-state index >= 15 is 0 Å². The van der Waals surface area contributed by atoms with Crippen LogP contribution >= 0.6 is 0 Å². The van der Waals surface area contributed by atoms with E-state index in [1.54, 1.807) is 19.4 Å². The molecule has 0 aromatic rings. The lowest BCUT2D eigenvalue weighted by atomic mass is 9.60. The summed E-state index contributed by atoms with van der Waals surface area (Å²) in [5.41, 5.74) is 3.18. The molecule has 5 heteroatoms. The van der Waals surface area contributed by atoms with E-state index in [2.05, 4.69) is 32.6 Å². The van der Waals surface area contributed by atoms with Crippen molar-refractivity contribution in [3.8, 4) is 0 Å². The fourth-order valence-electron chi connectivity index (χ4n) is 7.30. The van der Waals surface area contributed by atoms with Gasteiger partial charge in [-0.25, -0.2) is 0 Å². The number of hydrogen-bond donors (Lipinski definition) is 1. The molecule has 202 valence electrons. The Morgan fingerprint density at radius 1 is 1.14 bits per heavy atom. The number of rotatable bonds is 8. The van der Waals surface area contributed by atoms with Crippen molar-refractivity contribution >= 4 is 11.9 Å². The van der Waals surface area contributed by atoms with E-state index in [0.717, 1.165) is 32.1 Å². The molecule has 1 unspecified atom stereocenters. The molecule has 0 aliphatic heterocycles. The fourth-order valence-corrected chi connectivity index (χ4v) is 7.30. The van der Waals surface area contributed by atoms with Crippen LogP contribution in [0.5, 0.6) is 0 Å². The van der Waals surface area contributed by atoms with Crippen molar-refractivity contribution in [3.63, 3.8) is 0 Å². The fraction of sp³-hybridized carbons (Fsp3) is 0.742. The summed E-state index contributed by atoms with van der Waals surface area (Å²) in [5, 5.41) is 10.5. The van der Waals surface area contributed by atoms with Crippen molar-refractivity contribution in [1.82, 2.24) is 0 Å². The highest BCUT2D eigenvalue weighted by molar-refractivity contribution is 5.66. The molecule has 3 aliphatic carbocycles. The summed E-state index contributed by atoms with van der Waals surface area (Å²) in [6, 6.07) is 0. The van der Waals surface area contributed by atoms with Gasteiger partial charge in [0.2, 0.25) is 0 Å². The van der Waals surface area contributed by atoms with Gasteiger partial charge in [-0.1, -0.05) is 43.7 Å². The highest BCUT2D eigenvalue weighted by atomic mass is 16.6. The molecule has 1 N–H and O–H groups in total. The van der Waals surface area contributed by atoms with E-state index in [1.165, 1.54) is 50.7 Å². The molecule has 0 amide bonds. The molecule has 36 heavy (non-hydrogen) atoms. The summed E-state index contributed by atoms with van der Waals surface area (Å²) in [7, 11) is 0. The smallest absolute Gasteiger partial charge is 0.303 e. The zero-order valence-corrected chi connectivity index (χ0v) is 23.4. The summed E-state index contributed by atoms with van der Waals surface area (Å²) < 4.78 is 10.9. The molecular formula is C31H48O5. The van der Waals surface area contributed by atoms with Crippen molar-refractivity contribution in [2.45, 2.75) is 124 Å². The van der Waals surface area contributed by atoms with Gasteiger partial charge in [0.25, 0.3) is 0 Å². The molecule has 0 heterocycles. The lowest BCUT2D eigenvalue weighted by molar-refractivity contribution is -0.160. The van der Waals surface area contributed by atoms with Crippen LogP contribution in [-0.2, 0) is 19.1 Å². The van der Waals surface area contributed by atoms with E-state index in [4.69, 9.17) is 9.47 Å². The minimum Gasteiger partial charge on any atom is -0.462 e. The molecule has 0 radical (unpaired) electrons. The SMILES string of the molecule is C=C1CC[C@H](OC(C)=O)C/C1=C/C=C1\CCC[C@]2(C)[C@@H]([C@H](C)CCC(OC(C)=O)C(C)(C)O)CC[C@@H]12. The van der Waals surface area contributed by atoms with Crippen molar-refractivity contribution in [2.75, 3.05) is 0 Å². The van der Waals surface area contributed by atoms with Gasteiger partial charge in [-0.15, -0.1) is 0 Å². The molecule has 3 fully saturated rings. The van der Waals surface area contributed by atoms with Gasteiger partial charge in [-0.05, 0) is 100 Å². The third-order valence-electron chi connectivity index (χ3n) is 9.21. The second-order valence-corrected chi connectivity index (χ2v) is 12.4. The first-order chi connectivity index (χ1) is 16.8. The van der Waals surface area contributed by atoms with Gasteiger partial charge >= 0.3 is 11.9 Å². The Balaban J connectivity index is 1.69. The summed E-state index contributed by atoms with van der Waals surface area (Å²) in [5.74, 6) is 1.17. The first-order valence-corrected chi connectivity index (χ1v) is 14.0. The lowest BCUT2D eigenvalue weighted by Crippen LogP contribution is -2.40. The number of esters is 2. The van der Waals surface area contributed by atoms with Crippen molar-refractivity contribution < 1.29 is 24.2 Å². The van der Waals surface area contributed by atoms with E-state index in [9.17, 15) is 14.7 Å². The van der Waals surface area contributed by atoms with E-state index in [0.29, 0.717) is 24.2 Å². The maximum Gasteiger partial charge on any atom is 0.303 e. The van der Waals surface area contributed by atoms with Gasteiger partial charge in [0.15, 0.2) is 0 Å². The quantitative estimate of drug-likeness (QED) is 0.369. The van der Waals surface area contributed by atoms with Gasteiger partial charge in [-0.3, -0.25) is 9.59 Å². The third-order valence-corrected chi connectivity index (χ3v) is 9.21. The van der Waals surface area contributed by atoms with Crippen molar-refractivity contribution in [2.24, 2.45) is 23.2 Å². The monoisotopic (exact) mass is 500 g/mol. The van der Waals surface area contributed by atoms with Gasteiger partial charge in [0.05, 0.1) is 5.60 Å². The normalized spacial score (nSPS) is 32.8. The molecular weight excluding hydrogens is 452 g/mol. The van der Waals surface area contributed by atoms with E-state index in [1.807, 2.05) is 0 Å². The first kappa shape index (κ1) is 28.7. The van der Waals surface area contributed by atoms with E-state index < -0.39 is 11.7 Å². The van der Waals surface area contributed by atoms with Crippen LogP contribution < -0.4 is 0 Å². The number of hydrogen-bond acceptors (Lipinski definition) is 5. The van der Waals surface area contributed by atoms with Crippen LogP contribution in [-0.4, -0.2) is 34.9 Å². The number of fused-ring (bicyclic) bond motifs is 1. The van der Waals surface area contributed by atoms with Crippen LogP contribution in [0.3, 0.4) is 0 Å². The second-order valence-electron chi connectivity index (χ2n) is 12.4. The van der Waals surface area contributed by atoms with Crippen LogP contribution in [0.2, 0.25) is 0 Å². The highest BCUT2D eigenvalue weighted by Gasteiger charge is 2.50. The summed E-state index contributed by atoms with van der Waals surface area (Å²) in [6.07, 6.45) is 14.3. The van der Waals surface area contributed by atoms with Crippen LogP contribution in [0.1, 0.15) is 106 Å². The number of ether oxygens (including phenoxy) is 2. The standard InChI is InChI=1S/C31H48O5/c1-20-10-14-26(35-22(3)32)19-25(20)13-12-24-9-8-18-31(7)27(15-16-28(24)31)21(2)11-17-29(30(5,6)34)36-23(4)33/h12-13,21,26-29,34H,1,8-11,14-19H2,2-7H3/b24-12+,25-13-/t21-,26+,27-,28+,29?,31-/m1/s1. The maximum atomic E-state index is 11.6. The average Bonchev–Trinajstić information content (AvgIpc) is 3.13. The zero-order valence-electron chi connectivity index (χ0n) is 23.4. The molecule has 3 saturated carbocycles. The largest absolute Gasteiger partial charge is 0.462 e. The topological polar surface area (TPSA) is 72.8 Å². The predicted octanol–water partition coefficient (Wildman–Crippen LogP) is 6.85. The van der Waals surface area contributed by atoms with Crippen LogP contribution in [0, 0.1) is 23.2 Å². The Kier molecular flexibility index (Phi) is 9.30. The van der Waals surface area contributed by atoms with Crippen LogP contribution in [0.4, 0.5) is 0 Å². The second kappa shape index (κ2) is 11.7. The Bertz CT molecular complexity index is 891. The Labute approximate surface area is 218 Å². The van der Waals surface area contributed by atoms with Gasteiger partial charge in [0, 0.05) is 20.3 Å².